The highest BCUT2D eigenvalue weighted by Crippen LogP contribution is 2.15. The highest BCUT2D eigenvalue weighted by atomic mass is 19.1. The minimum absolute atomic E-state index is 0.332. The van der Waals surface area contributed by atoms with E-state index in [9.17, 15) is 4.39 Å². The van der Waals surface area contributed by atoms with E-state index in [2.05, 4.69) is 15.0 Å². The molecule has 0 fully saturated rings. The SMILES string of the molecule is CC.Nc1cnc(-c2cncc(F)c2)cn1. The first-order chi connectivity index (χ1) is 7.75. The molecule has 4 nitrogen and oxygen atoms in total. The lowest BCUT2D eigenvalue weighted by molar-refractivity contribution is 0.622. The summed E-state index contributed by atoms with van der Waals surface area (Å²) < 4.78 is 12.8. The molecule has 0 amide bonds. The van der Waals surface area contributed by atoms with E-state index in [1.807, 2.05) is 13.8 Å². The summed E-state index contributed by atoms with van der Waals surface area (Å²) in [5, 5.41) is 0. The lowest BCUT2D eigenvalue weighted by Crippen LogP contribution is -1.93. The van der Waals surface area contributed by atoms with Crippen molar-refractivity contribution < 1.29 is 4.39 Å². The summed E-state index contributed by atoms with van der Waals surface area (Å²) in [5.74, 6) is -0.0702. The summed E-state index contributed by atoms with van der Waals surface area (Å²) in [5.41, 5.74) is 6.50. The number of halogens is 1. The van der Waals surface area contributed by atoms with Gasteiger partial charge in [-0.1, -0.05) is 13.8 Å². The van der Waals surface area contributed by atoms with Crippen molar-refractivity contribution in [3.05, 3.63) is 36.7 Å². The Morgan fingerprint density at radius 3 is 2.38 bits per heavy atom. The number of hydrogen-bond donors (Lipinski definition) is 1. The zero-order chi connectivity index (χ0) is 12.0. The fraction of sp³-hybridized carbons (Fsp3) is 0.182. The molecule has 5 heteroatoms. The Hall–Kier alpha value is -2.04. The largest absolute Gasteiger partial charge is 0.382 e. The molecule has 2 aromatic heterocycles. The smallest absolute Gasteiger partial charge is 0.142 e. The van der Waals surface area contributed by atoms with Crippen LogP contribution in [0.2, 0.25) is 0 Å². The molecular formula is C11H13FN4. The van der Waals surface area contributed by atoms with Crippen LogP contribution in [0, 0.1) is 5.82 Å². The van der Waals surface area contributed by atoms with E-state index in [0.29, 0.717) is 17.1 Å². The molecular weight excluding hydrogens is 207 g/mol. The fourth-order valence-corrected chi connectivity index (χ4v) is 1.04. The summed E-state index contributed by atoms with van der Waals surface area (Å²) in [6, 6.07) is 1.34. The van der Waals surface area contributed by atoms with Gasteiger partial charge in [-0.05, 0) is 6.07 Å². The molecule has 2 rings (SSSR count). The quantitative estimate of drug-likeness (QED) is 0.800. The van der Waals surface area contributed by atoms with Crippen molar-refractivity contribution in [1.82, 2.24) is 15.0 Å². The van der Waals surface area contributed by atoms with Crippen molar-refractivity contribution in [2.45, 2.75) is 13.8 Å². The molecule has 84 valence electrons. The van der Waals surface area contributed by atoms with Crippen molar-refractivity contribution in [3.63, 3.8) is 0 Å². The zero-order valence-corrected chi connectivity index (χ0v) is 9.18. The van der Waals surface area contributed by atoms with Gasteiger partial charge in [0.25, 0.3) is 0 Å². The molecule has 0 spiro atoms. The Morgan fingerprint density at radius 1 is 1.06 bits per heavy atom. The van der Waals surface area contributed by atoms with Crippen LogP contribution >= 0.6 is 0 Å². The average molecular weight is 220 g/mol. The highest BCUT2D eigenvalue weighted by molar-refractivity contribution is 5.57. The maximum atomic E-state index is 12.8. The number of nitrogen functional groups attached to an aromatic ring is 1. The van der Waals surface area contributed by atoms with Crippen LogP contribution in [-0.4, -0.2) is 15.0 Å². The molecule has 0 aliphatic rings. The van der Waals surface area contributed by atoms with Gasteiger partial charge in [0.15, 0.2) is 0 Å². The molecule has 0 aliphatic carbocycles. The van der Waals surface area contributed by atoms with Crippen molar-refractivity contribution in [2.75, 3.05) is 5.73 Å². The van der Waals surface area contributed by atoms with Gasteiger partial charge in [0.05, 0.1) is 24.3 Å². The normalized spacial score (nSPS) is 9.19. The summed E-state index contributed by atoms with van der Waals surface area (Å²) in [6.45, 7) is 4.00. The van der Waals surface area contributed by atoms with Crippen molar-refractivity contribution in [3.8, 4) is 11.3 Å². The van der Waals surface area contributed by atoms with Crippen LogP contribution in [0.4, 0.5) is 10.2 Å². The van der Waals surface area contributed by atoms with Gasteiger partial charge in [0, 0.05) is 11.8 Å². The second kappa shape index (κ2) is 5.75. The van der Waals surface area contributed by atoms with E-state index in [4.69, 9.17) is 5.73 Å². The standard InChI is InChI=1S/C9H7FN4.C2H6/c10-7-1-6(2-12-3-7)8-4-14-9(11)5-13-8;1-2/h1-5H,(H2,11,14);1-2H3. The molecule has 0 saturated carbocycles. The third-order valence-corrected chi connectivity index (χ3v) is 1.67. The van der Waals surface area contributed by atoms with E-state index in [1.54, 1.807) is 0 Å². The molecule has 0 bridgehead atoms. The van der Waals surface area contributed by atoms with Gasteiger partial charge in [0.1, 0.15) is 11.6 Å². The minimum Gasteiger partial charge on any atom is -0.382 e. The summed E-state index contributed by atoms with van der Waals surface area (Å²) in [6.07, 6.45) is 5.55. The number of aromatic nitrogens is 3. The second-order valence-corrected chi connectivity index (χ2v) is 2.72. The van der Waals surface area contributed by atoms with E-state index < -0.39 is 5.82 Å². The Morgan fingerprint density at radius 2 is 1.81 bits per heavy atom. The lowest BCUT2D eigenvalue weighted by atomic mass is 10.2. The Balaban J connectivity index is 0.000000606. The van der Waals surface area contributed by atoms with Crippen molar-refractivity contribution in [2.24, 2.45) is 0 Å². The van der Waals surface area contributed by atoms with Crippen LogP contribution in [-0.2, 0) is 0 Å². The number of nitrogens with two attached hydrogens (primary N) is 1. The third-order valence-electron chi connectivity index (χ3n) is 1.67. The zero-order valence-electron chi connectivity index (χ0n) is 9.18. The number of rotatable bonds is 1. The van der Waals surface area contributed by atoms with Gasteiger partial charge in [-0.2, -0.15) is 0 Å². The molecule has 0 aliphatic heterocycles. The van der Waals surface area contributed by atoms with Gasteiger partial charge in [0.2, 0.25) is 0 Å². The molecule has 0 saturated heterocycles. The number of nitrogens with zero attached hydrogens (tertiary/aromatic N) is 3. The Labute approximate surface area is 93.4 Å². The molecule has 0 radical (unpaired) electrons. The summed E-state index contributed by atoms with van der Waals surface area (Å²) in [4.78, 5) is 11.6. The van der Waals surface area contributed by atoms with Crippen LogP contribution in [0.1, 0.15) is 13.8 Å². The third kappa shape index (κ3) is 2.98. The second-order valence-electron chi connectivity index (χ2n) is 2.72. The van der Waals surface area contributed by atoms with Crippen LogP contribution in [0.25, 0.3) is 11.3 Å². The first-order valence-corrected chi connectivity index (χ1v) is 4.94. The van der Waals surface area contributed by atoms with Crippen molar-refractivity contribution >= 4 is 5.82 Å². The fourth-order valence-electron chi connectivity index (χ4n) is 1.04. The van der Waals surface area contributed by atoms with Crippen LogP contribution in [0.15, 0.2) is 30.9 Å². The maximum Gasteiger partial charge on any atom is 0.142 e. The first-order valence-electron chi connectivity index (χ1n) is 4.94. The van der Waals surface area contributed by atoms with Gasteiger partial charge >= 0.3 is 0 Å². The molecule has 2 heterocycles. The topological polar surface area (TPSA) is 64.7 Å². The molecule has 2 aromatic rings. The van der Waals surface area contributed by atoms with Crippen LogP contribution < -0.4 is 5.73 Å². The van der Waals surface area contributed by atoms with E-state index in [-0.39, 0.29) is 0 Å². The lowest BCUT2D eigenvalue weighted by Gasteiger charge is -1.99. The number of anilines is 1. The predicted octanol–water partition coefficient (Wildman–Crippen LogP) is 2.29. The average Bonchev–Trinajstić information content (AvgIpc) is 2.32. The van der Waals surface area contributed by atoms with Gasteiger partial charge in [-0.3, -0.25) is 9.97 Å². The highest BCUT2D eigenvalue weighted by Gasteiger charge is 2.01. The van der Waals surface area contributed by atoms with E-state index >= 15 is 0 Å². The number of pyridine rings is 1. The summed E-state index contributed by atoms with van der Waals surface area (Å²) in [7, 11) is 0. The molecule has 16 heavy (non-hydrogen) atoms. The van der Waals surface area contributed by atoms with Gasteiger partial charge in [-0.15, -0.1) is 0 Å². The molecule has 0 unspecified atom stereocenters. The Kier molecular flexibility index (Phi) is 4.32. The van der Waals surface area contributed by atoms with Crippen molar-refractivity contribution in [1.29, 1.82) is 0 Å². The molecule has 0 atom stereocenters. The molecule has 0 aromatic carbocycles. The Bertz CT molecular complexity index is 442. The monoisotopic (exact) mass is 220 g/mol. The van der Waals surface area contributed by atoms with Crippen LogP contribution in [0.5, 0.6) is 0 Å². The maximum absolute atomic E-state index is 12.8. The van der Waals surface area contributed by atoms with Gasteiger partial charge < -0.3 is 5.73 Å². The van der Waals surface area contributed by atoms with E-state index in [0.717, 1.165) is 6.20 Å². The van der Waals surface area contributed by atoms with Gasteiger partial charge in [-0.25, -0.2) is 9.37 Å². The minimum atomic E-state index is -0.402. The van der Waals surface area contributed by atoms with Crippen LogP contribution in [0.3, 0.4) is 0 Å². The summed E-state index contributed by atoms with van der Waals surface area (Å²) >= 11 is 0. The predicted molar refractivity (Wildman–Crippen MR) is 61.0 cm³/mol. The first kappa shape index (κ1) is 12.0. The molecule has 2 N–H and O–H groups in total. The number of hydrogen-bond acceptors (Lipinski definition) is 4. The van der Waals surface area contributed by atoms with E-state index in [1.165, 1.54) is 24.7 Å².